The van der Waals surface area contributed by atoms with E-state index < -0.39 is 0 Å². The number of nitro benzene ring substituents is 1. The van der Waals surface area contributed by atoms with Crippen LogP contribution < -0.4 is 5.32 Å². The summed E-state index contributed by atoms with van der Waals surface area (Å²) in [4.78, 5) is 42.0. The molecular weight excluding hydrogens is 438 g/mol. The van der Waals surface area contributed by atoms with Gasteiger partial charge in [-0.15, -0.1) is 11.3 Å². The number of ketones is 1. The Morgan fingerprint density at radius 2 is 2.18 bits per heavy atom. The van der Waals surface area contributed by atoms with Crippen LogP contribution in [0.5, 0.6) is 0 Å². The number of rotatable bonds is 5. The number of nitrogens with zero attached hydrogens (tertiary/aromatic N) is 2. The Labute approximate surface area is 197 Å². The van der Waals surface area contributed by atoms with Gasteiger partial charge in [-0.3, -0.25) is 19.7 Å². The number of anilines is 1. The zero-order valence-electron chi connectivity index (χ0n) is 19.0. The lowest BCUT2D eigenvalue weighted by Crippen LogP contribution is -2.44. The van der Waals surface area contributed by atoms with Crippen molar-refractivity contribution < 1.29 is 14.5 Å². The number of nitrogens with one attached hydrogen (secondary N) is 1. The van der Waals surface area contributed by atoms with Gasteiger partial charge in [0.15, 0.2) is 5.13 Å². The molecule has 0 bridgehead atoms. The van der Waals surface area contributed by atoms with E-state index in [0.29, 0.717) is 36.1 Å². The number of carbonyl (C=O) groups excluding carboxylic acids is 2. The van der Waals surface area contributed by atoms with E-state index in [1.165, 1.54) is 16.9 Å². The van der Waals surface area contributed by atoms with E-state index in [-0.39, 0.29) is 39.7 Å². The zero-order valence-corrected chi connectivity index (χ0v) is 19.8. The lowest BCUT2D eigenvalue weighted by atomic mass is 9.54. The van der Waals surface area contributed by atoms with E-state index in [2.05, 4.69) is 17.2 Å². The number of nitro groups is 1. The number of hydrogen-bond donors (Lipinski definition) is 1. The molecule has 3 aliphatic carbocycles. The van der Waals surface area contributed by atoms with Crippen molar-refractivity contribution in [1.29, 1.82) is 0 Å². The summed E-state index contributed by atoms with van der Waals surface area (Å²) in [7, 11) is 0. The van der Waals surface area contributed by atoms with Crippen LogP contribution in [0.1, 0.15) is 67.4 Å². The minimum Gasteiger partial charge on any atom is -0.302 e. The maximum absolute atomic E-state index is 13.1. The van der Waals surface area contributed by atoms with Crippen molar-refractivity contribution in [3.05, 3.63) is 50.5 Å². The molecule has 0 saturated heterocycles. The zero-order chi connectivity index (χ0) is 23.3. The third-order valence-electron chi connectivity index (χ3n) is 8.38. The summed E-state index contributed by atoms with van der Waals surface area (Å²) in [6, 6.07) is 5.29. The SMILES string of the molecule is Cc1cnc(NC(=O)CC[C@@H]2CC(=O)[C@@]3(C)CCC4c5cc([N+](=O)[O-])ccc5CCC4C23)s1. The van der Waals surface area contributed by atoms with Gasteiger partial charge < -0.3 is 5.32 Å². The number of amides is 1. The third-order valence-corrected chi connectivity index (χ3v) is 9.21. The van der Waals surface area contributed by atoms with Crippen molar-refractivity contribution in [3.63, 3.8) is 0 Å². The summed E-state index contributed by atoms with van der Waals surface area (Å²) in [5.41, 5.74) is 2.13. The smallest absolute Gasteiger partial charge is 0.269 e. The number of Topliss-reactive ketones (excluding diaryl/α,β-unsaturated/α-hetero) is 1. The van der Waals surface area contributed by atoms with E-state index in [9.17, 15) is 19.7 Å². The van der Waals surface area contributed by atoms with Crippen molar-refractivity contribution in [3.8, 4) is 0 Å². The molecule has 1 heterocycles. The first-order chi connectivity index (χ1) is 15.8. The molecule has 5 rings (SSSR count). The molecule has 0 spiro atoms. The number of hydrogen-bond acceptors (Lipinski definition) is 6. The Bertz CT molecular complexity index is 1130. The Morgan fingerprint density at radius 1 is 1.36 bits per heavy atom. The Hall–Kier alpha value is -2.61. The first-order valence-electron chi connectivity index (χ1n) is 11.8. The van der Waals surface area contributed by atoms with E-state index in [0.717, 1.165) is 36.1 Å². The first kappa shape index (κ1) is 22.2. The number of benzene rings is 1. The highest BCUT2D eigenvalue weighted by molar-refractivity contribution is 7.15. The Kier molecular flexibility index (Phi) is 5.59. The van der Waals surface area contributed by atoms with Gasteiger partial charge in [0.1, 0.15) is 5.78 Å². The summed E-state index contributed by atoms with van der Waals surface area (Å²) in [6.07, 6.45) is 6.96. The molecule has 1 amide bonds. The van der Waals surface area contributed by atoms with Gasteiger partial charge in [0.2, 0.25) is 5.91 Å². The average Bonchev–Trinajstić information content (AvgIpc) is 3.31. The minimum absolute atomic E-state index is 0.0534. The van der Waals surface area contributed by atoms with Crippen LogP contribution >= 0.6 is 11.3 Å². The van der Waals surface area contributed by atoms with E-state index in [1.54, 1.807) is 18.3 Å². The predicted octanol–water partition coefficient (Wildman–Crippen LogP) is 5.43. The van der Waals surface area contributed by atoms with Crippen LogP contribution in [0.3, 0.4) is 0 Å². The molecule has 8 heteroatoms. The van der Waals surface area contributed by atoms with Gasteiger partial charge in [-0.25, -0.2) is 4.98 Å². The second kappa shape index (κ2) is 8.31. The summed E-state index contributed by atoms with van der Waals surface area (Å²) in [6.45, 7) is 4.08. The van der Waals surface area contributed by atoms with Crippen LogP contribution in [0.15, 0.2) is 24.4 Å². The van der Waals surface area contributed by atoms with Gasteiger partial charge in [0.25, 0.3) is 5.69 Å². The monoisotopic (exact) mass is 467 g/mol. The van der Waals surface area contributed by atoms with Crippen molar-refractivity contribution in [2.75, 3.05) is 5.32 Å². The molecule has 0 aliphatic heterocycles. The van der Waals surface area contributed by atoms with Crippen LogP contribution in [-0.2, 0) is 16.0 Å². The first-order valence-corrected chi connectivity index (χ1v) is 12.6. The highest BCUT2D eigenvalue weighted by Crippen LogP contribution is 2.62. The third kappa shape index (κ3) is 3.88. The number of thiazole rings is 1. The van der Waals surface area contributed by atoms with Gasteiger partial charge in [-0.1, -0.05) is 13.0 Å². The normalized spacial score (nSPS) is 30.3. The minimum atomic E-state index is -0.340. The van der Waals surface area contributed by atoms with Gasteiger partial charge >= 0.3 is 0 Å². The van der Waals surface area contributed by atoms with Gasteiger partial charge in [0, 0.05) is 41.5 Å². The highest BCUT2D eigenvalue weighted by atomic mass is 32.1. The molecule has 2 saturated carbocycles. The van der Waals surface area contributed by atoms with Gasteiger partial charge in [-0.05, 0) is 73.8 Å². The van der Waals surface area contributed by atoms with E-state index >= 15 is 0 Å². The lowest BCUT2D eigenvalue weighted by Gasteiger charge is -2.49. The van der Waals surface area contributed by atoms with Crippen LogP contribution in [0, 0.1) is 40.2 Å². The number of carbonyl (C=O) groups is 2. The molecule has 2 fully saturated rings. The summed E-state index contributed by atoms with van der Waals surface area (Å²) in [5, 5.41) is 14.9. The van der Waals surface area contributed by atoms with E-state index in [4.69, 9.17) is 0 Å². The number of fused-ring (bicyclic) bond motifs is 5. The standard InChI is InChI=1S/C25H29N3O4S/c1-14-13-26-24(33-14)27-22(30)8-5-16-11-21(29)25(2)10-9-18-19(23(16)25)7-4-15-3-6-17(28(31)32)12-20(15)18/h3,6,12-13,16,18-19,23H,4-5,7-11H2,1-2H3,(H,26,27,30)/t16-,18?,19?,23?,25-/m1/s1. The van der Waals surface area contributed by atoms with Crippen LogP contribution in [0.25, 0.3) is 0 Å². The molecule has 1 aromatic carbocycles. The molecule has 2 aromatic rings. The lowest BCUT2D eigenvalue weighted by molar-refractivity contribution is -0.385. The van der Waals surface area contributed by atoms with Crippen LogP contribution in [0.2, 0.25) is 0 Å². The predicted molar refractivity (Wildman–Crippen MR) is 126 cm³/mol. The maximum Gasteiger partial charge on any atom is 0.269 e. The second-order valence-electron chi connectivity index (χ2n) is 10.2. The average molecular weight is 468 g/mol. The quantitative estimate of drug-likeness (QED) is 0.467. The van der Waals surface area contributed by atoms with E-state index in [1.807, 2.05) is 13.0 Å². The number of non-ortho nitro benzene ring substituents is 1. The second-order valence-corrected chi connectivity index (χ2v) is 11.4. The van der Waals surface area contributed by atoms with Crippen LogP contribution in [0.4, 0.5) is 10.8 Å². The largest absolute Gasteiger partial charge is 0.302 e. The Morgan fingerprint density at radius 3 is 2.91 bits per heavy atom. The van der Waals surface area contributed by atoms with Crippen molar-refractivity contribution in [1.82, 2.24) is 4.98 Å². The molecule has 1 N–H and O–H groups in total. The Balaban J connectivity index is 1.35. The molecule has 1 aromatic heterocycles. The fourth-order valence-electron chi connectivity index (χ4n) is 6.90. The topological polar surface area (TPSA) is 102 Å². The van der Waals surface area contributed by atoms with Crippen molar-refractivity contribution in [2.24, 2.45) is 23.2 Å². The highest BCUT2D eigenvalue weighted by Gasteiger charge is 2.58. The number of aryl methyl sites for hydroxylation is 2. The van der Waals surface area contributed by atoms with Crippen molar-refractivity contribution >= 4 is 33.8 Å². The molecule has 5 atom stereocenters. The fourth-order valence-corrected chi connectivity index (χ4v) is 7.58. The van der Waals surface area contributed by atoms with Crippen LogP contribution in [-0.4, -0.2) is 21.6 Å². The molecule has 174 valence electrons. The summed E-state index contributed by atoms with van der Waals surface area (Å²) < 4.78 is 0. The molecular formula is C25H29N3O4S. The number of aromatic nitrogens is 1. The fraction of sp³-hybridized carbons (Fsp3) is 0.560. The molecule has 0 radical (unpaired) electrons. The van der Waals surface area contributed by atoms with Gasteiger partial charge in [0.05, 0.1) is 4.92 Å². The maximum atomic E-state index is 13.1. The molecule has 3 unspecified atom stereocenters. The summed E-state index contributed by atoms with van der Waals surface area (Å²) in [5.74, 6) is 1.27. The molecule has 33 heavy (non-hydrogen) atoms. The van der Waals surface area contributed by atoms with Gasteiger partial charge in [-0.2, -0.15) is 0 Å². The molecule has 3 aliphatic rings. The molecule has 7 nitrogen and oxygen atoms in total. The summed E-state index contributed by atoms with van der Waals surface area (Å²) >= 11 is 1.46. The van der Waals surface area contributed by atoms with Crippen molar-refractivity contribution in [2.45, 2.75) is 64.7 Å².